The van der Waals surface area contributed by atoms with Gasteiger partial charge in [0.25, 0.3) is 0 Å². The Morgan fingerprint density at radius 2 is 2.00 bits per heavy atom. The van der Waals surface area contributed by atoms with E-state index in [0.29, 0.717) is 6.54 Å². The summed E-state index contributed by atoms with van der Waals surface area (Å²) in [7, 11) is 0. The Hall–Kier alpha value is -1.81. The Labute approximate surface area is 119 Å². The van der Waals surface area contributed by atoms with Crippen LogP contribution in [0.5, 0.6) is 0 Å². The molecule has 1 heterocycles. The van der Waals surface area contributed by atoms with Gasteiger partial charge >= 0.3 is 0 Å². The van der Waals surface area contributed by atoms with Gasteiger partial charge < -0.3 is 9.73 Å². The zero-order valence-electron chi connectivity index (χ0n) is 12.5. The number of likely N-dealkylation sites (N-methyl/N-ethyl adjacent to an activating group) is 1. The van der Waals surface area contributed by atoms with E-state index in [1.165, 1.54) is 0 Å². The van der Waals surface area contributed by atoms with Crippen LogP contribution in [-0.2, 0) is 4.79 Å². The van der Waals surface area contributed by atoms with E-state index in [1.54, 1.807) is 0 Å². The van der Waals surface area contributed by atoms with Gasteiger partial charge in [-0.2, -0.15) is 0 Å². The van der Waals surface area contributed by atoms with Crippen molar-refractivity contribution in [2.24, 2.45) is 0 Å². The molecule has 2 aromatic rings. The number of hydrogen-bond donors (Lipinski definition) is 2. The number of hydrogen-bond acceptors (Lipinski definition) is 3. The monoisotopic (exact) mass is 274 g/mol. The molecule has 2 N–H and O–H groups in total. The van der Waals surface area contributed by atoms with Gasteiger partial charge in [0.15, 0.2) is 0 Å². The van der Waals surface area contributed by atoms with Crippen LogP contribution in [0.15, 0.2) is 28.7 Å². The predicted octanol–water partition coefficient (Wildman–Crippen LogP) is 2.92. The van der Waals surface area contributed by atoms with E-state index >= 15 is 0 Å². The Bertz CT molecular complexity index is 604. The molecule has 1 aromatic heterocycles. The number of rotatable bonds is 5. The van der Waals surface area contributed by atoms with Crippen LogP contribution >= 0.6 is 0 Å². The van der Waals surface area contributed by atoms with E-state index in [0.717, 1.165) is 22.3 Å². The van der Waals surface area contributed by atoms with Crippen molar-refractivity contribution < 1.29 is 9.21 Å². The summed E-state index contributed by atoms with van der Waals surface area (Å²) in [6.45, 7) is 8.48. The third-order valence-electron chi connectivity index (χ3n) is 3.52. The minimum atomic E-state index is -0.252. The van der Waals surface area contributed by atoms with Crippen molar-refractivity contribution in [3.63, 3.8) is 0 Å². The number of nitrogens with one attached hydrogen (secondary N) is 2. The van der Waals surface area contributed by atoms with Gasteiger partial charge in [0, 0.05) is 11.9 Å². The molecule has 0 saturated heterocycles. The number of furan rings is 1. The maximum Gasteiger partial charge on any atom is 0.236 e. The lowest BCUT2D eigenvalue weighted by Gasteiger charge is -2.18. The summed E-state index contributed by atoms with van der Waals surface area (Å²) in [6, 6.07) is 7.72. The predicted molar refractivity (Wildman–Crippen MR) is 80.6 cm³/mol. The second-order valence-electron chi connectivity index (χ2n) is 5.09. The number of para-hydroxylation sites is 1. The highest BCUT2D eigenvalue weighted by atomic mass is 16.3. The molecule has 2 atom stereocenters. The summed E-state index contributed by atoms with van der Waals surface area (Å²) in [5.41, 5.74) is 2.02. The lowest BCUT2D eigenvalue weighted by atomic mass is 10.1. The summed E-state index contributed by atoms with van der Waals surface area (Å²) >= 11 is 0. The molecule has 0 spiro atoms. The van der Waals surface area contributed by atoms with Crippen molar-refractivity contribution in [3.8, 4) is 0 Å². The Morgan fingerprint density at radius 3 is 2.65 bits per heavy atom. The van der Waals surface area contributed by atoms with Crippen LogP contribution in [0.4, 0.5) is 0 Å². The van der Waals surface area contributed by atoms with E-state index in [9.17, 15) is 4.79 Å². The van der Waals surface area contributed by atoms with E-state index in [2.05, 4.69) is 23.6 Å². The topological polar surface area (TPSA) is 54.3 Å². The molecule has 1 aromatic carbocycles. The highest BCUT2D eigenvalue weighted by Crippen LogP contribution is 2.29. The number of carbonyl (C=O) groups excluding carboxylic acids is 1. The molecule has 20 heavy (non-hydrogen) atoms. The first-order valence-corrected chi connectivity index (χ1v) is 7.06. The van der Waals surface area contributed by atoms with Gasteiger partial charge in [0.05, 0.1) is 12.1 Å². The van der Waals surface area contributed by atoms with Crippen molar-refractivity contribution in [2.75, 3.05) is 6.54 Å². The van der Waals surface area contributed by atoms with E-state index < -0.39 is 0 Å². The lowest BCUT2D eigenvalue weighted by molar-refractivity contribution is -0.122. The van der Waals surface area contributed by atoms with Crippen molar-refractivity contribution in [1.29, 1.82) is 0 Å². The molecule has 2 rings (SSSR count). The summed E-state index contributed by atoms with van der Waals surface area (Å²) in [5.74, 6) is 0.899. The molecule has 4 nitrogen and oxygen atoms in total. The summed E-state index contributed by atoms with van der Waals surface area (Å²) in [6.07, 6.45) is 0. The summed E-state index contributed by atoms with van der Waals surface area (Å²) < 4.78 is 5.91. The van der Waals surface area contributed by atoms with Crippen molar-refractivity contribution in [2.45, 2.75) is 39.8 Å². The maximum absolute atomic E-state index is 11.8. The van der Waals surface area contributed by atoms with Crippen LogP contribution in [0.1, 0.15) is 38.1 Å². The zero-order valence-corrected chi connectivity index (χ0v) is 12.5. The molecule has 0 radical (unpaired) electrons. The molecular weight excluding hydrogens is 252 g/mol. The van der Waals surface area contributed by atoms with Crippen molar-refractivity contribution in [3.05, 3.63) is 35.6 Å². The van der Waals surface area contributed by atoms with Crippen LogP contribution in [0.25, 0.3) is 11.0 Å². The minimum absolute atomic E-state index is 0.00751. The highest BCUT2D eigenvalue weighted by molar-refractivity contribution is 5.82. The molecule has 0 bridgehead atoms. The van der Waals surface area contributed by atoms with E-state index in [-0.39, 0.29) is 18.0 Å². The smallest absolute Gasteiger partial charge is 0.236 e. The van der Waals surface area contributed by atoms with Crippen LogP contribution in [-0.4, -0.2) is 18.5 Å². The normalized spacial score (nSPS) is 14.2. The number of aryl methyl sites for hydroxylation is 1. The Kier molecular flexibility index (Phi) is 4.45. The zero-order chi connectivity index (χ0) is 14.7. The molecule has 0 aliphatic heterocycles. The van der Waals surface area contributed by atoms with Gasteiger partial charge in [0.1, 0.15) is 11.3 Å². The third kappa shape index (κ3) is 2.85. The Balaban J connectivity index is 2.17. The second kappa shape index (κ2) is 6.09. The fraction of sp³-hybridized carbons (Fsp3) is 0.438. The molecular formula is C16H22N2O2. The molecule has 0 aliphatic rings. The molecule has 0 fully saturated rings. The lowest BCUT2D eigenvalue weighted by Crippen LogP contribution is -2.43. The van der Waals surface area contributed by atoms with Crippen LogP contribution in [0, 0.1) is 6.92 Å². The minimum Gasteiger partial charge on any atom is -0.459 e. The van der Waals surface area contributed by atoms with Gasteiger partial charge in [-0.1, -0.05) is 18.2 Å². The molecule has 2 unspecified atom stereocenters. The standard InChI is InChI=1S/C16H22N2O2/c1-5-17-16(19)12(4)18-11(3)15-10(2)13-8-6-7-9-14(13)20-15/h6-9,11-12,18H,5H2,1-4H3,(H,17,19). The maximum atomic E-state index is 11.8. The fourth-order valence-corrected chi connectivity index (χ4v) is 2.46. The Morgan fingerprint density at radius 1 is 1.30 bits per heavy atom. The van der Waals surface area contributed by atoms with Gasteiger partial charge in [-0.3, -0.25) is 10.1 Å². The third-order valence-corrected chi connectivity index (χ3v) is 3.52. The quantitative estimate of drug-likeness (QED) is 0.881. The molecule has 0 aliphatic carbocycles. The molecule has 4 heteroatoms. The van der Waals surface area contributed by atoms with Crippen LogP contribution in [0.3, 0.4) is 0 Å². The average Bonchev–Trinajstić information content (AvgIpc) is 2.77. The second-order valence-corrected chi connectivity index (χ2v) is 5.09. The van der Waals surface area contributed by atoms with E-state index in [1.807, 2.05) is 39.0 Å². The summed E-state index contributed by atoms with van der Waals surface area (Å²) in [4.78, 5) is 11.8. The molecule has 0 saturated carbocycles. The number of amides is 1. The number of carbonyl (C=O) groups is 1. The van der Waals surface area contributed by atoms with Gasteiger partial charge in [-0.25, -0.2) is 0 Å². The SMILES string of the molecule is CCNC(=O)C(C)NC(C)c1oc2ccccc2c1C. The van der Waals surface area contributed by atoms with Gasteiger partial charge in [0.2, 0.25) is 5.91 Å². The van der Waals surface area contributed by atoms with Crippen molar-refractivity contribution >= 4 is 16.9 Å². The van der Waals surface area contributed by atoms with Gasteiger partial charge in [-0.15, -0.1) is 0 Å². The van der Waals surface area contributed by atoms with Crippen LogP contribution in [0.2, 0.25) is 0 Å². The fourth-order valence-electron chi connectivity index (χ4n) is 2.46. The number of fused-ring (bicyclic) bond motifs is 1. The number of benzene rings is 1. The average molecular weight is 274 g/mol. The van der Waals surface area contributed by atoms with Crippen LogP contribution < -0.4 is 10.6 Å². The highest BCUT2D eigenvalue weighted by Gasteiger charge is 2.20. The molecule has 108 valence electrons. The first kappa shape index (κ1) is 14.6. The first-order chi connectivity index (χ1) is 9.54. The largest absolute Gasteiger partial charge is 0.459 e. The molecule has 1 amide bonds. The summed E-state index contributed by atoms with van der Waals surface area (Å²) in [5, 5.41) is 7.21. The van der Waals surface area contributed by atoms with E-state index in [4.69, 9.17) is 4.42 Å². The van der Waals surface area contributed by atoms with Gasteiger partial charge in [-0.05, 0) is 39.3 Å². The first-order valence-electron chi connectivity index (χ1n) is 7.06. The van der Waals surface area contributed by atoms with Crippen molar-refractivity contribution in [1.82, 2.24) is 10.6 Å².